The average Bonchev–Trinajstić information content (AvgIpc) is 2.63. The van der Waals surface area contributed by atoms with Crippen LogP contribution in [0.25, 0.3) is 0 Å². The van der Waals surface area contributed by atoms with Crippen molar-refractivity contribution in [1.29, 1.82) is 0 Å². The van der Waals surface area contributed by atoms with Gasteiger partial charge in [0.25, 0.3) is 0 Å². The topological polar surface area (TPSA) is 27.3 Å². The van der Waals surface area contributed by atoms with Crippen LogP contribution < -0.4 is 10.6 Å². The fourth-order valence-corrected chi connectivity index (χ4v) is 7.36. The second-order valence-electron chi connectivity index (χ2n) is 9.30. The van der Waals surface area contributed by atoms with Gasteiger partial charge in [-0.3, -0.25) is 4.90 Å². The van der Waals surface area contributed by atoms with Gasteiger partial charge in [-0.2, -0.15) is 0 Å². The predicted molar refractivity (Wildman–Crippen MR) is 94.5 cm³/mol. The Kier molecular flexibility index (Phi) is 3.95. The highest BCUT2D eigenvalue weighted by Gasteiger charge is 2.58. The molecule has 4 saturated heterocycles. The molecule has 0 aromatic heterocycles. The second-order valence-corrected chi connectivity index (χ2v) is 9.30. The Hall–Kier alpha value is -0.120. The first-order chi connectivity index (χ1) is 11.4. The molecular weight excluding hydrogens is 282 g/mol. The number of rotatable bonds is 1. The van der Waals surface area contributed by atoms with Crippen molar-refractivity contribution < 1.29 is 0 Å². The number of fused-ring (bicyclic) bond motifs is 6. The maximum Gasteiger partial charge on any atom is 0.0179 e. The normalized spacial score (nSPS) is 50.9. The molecule has 2 bridgehead atoms. The van der Waals surface area contributed by atoms with Crippen LogP contribution in [0.4, 0.5) is 0 Å². The first-order valence-electron chi connectivity index (χ1n) is 10.6. The summed E-state index contributed by atoms with van der Waals surface area (Å²) in [6, 6.07) is 2.51. The molecule has 0 radical (unpaired) electrons. The van der Waals surface area contributed by atoms with Gasteiger partial charge in [0.1, 0.15) is 0 Å². The lowest BCUT2D eigenvalue weighted by molar-refractivity contribution is -0.117. The molecule has 3 unspecified atom stereocenters. The summed E-state index contributed by atoms with van der Waals surface area (Å²) in [5.74, 6) is 1.96. The minimum absolute atomic E-state index is 0.530. The molecule has 130 valence electrons. The third-order valence-electron chi connectivity index (χ3n) is 8.16. The van der Waals surface area contributed by atoms with Crippen molar-refractivity contribution >= 4 is 0 Å². The van der Waals surface area contributed by atoms with Crippen LogP contribution in [0.15, 0.2) is 0 Å². The van der Waals surface area contributed by atoms with Crippen molar-refractivity contribution in [2.45, 2.75) is 82.3 Å². The summed E-state index contributed by atoms with van der Waals surface area (Å²) < 4.78 is 0. The Morgan fingerprint density at radius 2 is 1.74 bits per heavy atom. The highest BCUT2D eigenvalue weighted by atomic mass is 15.2. The van der Waals surface area contributed by atoms with Crippen LogP contribution in [-0.4, -0.2) is 49.2 Å². The van der Waals surface area contributed by atoms with Gasteiger partial charge in [0.2, 0.25) is 0 Å². The van der Waals surface area contributed by atoms with Gasteiger partial charge in [0.15, 0.2) is 0 Å². The number of nitrogens with zero attached hydrogens (tertiary/aromatic N) is 1. The van der Waals surface area contributed by atoms with E-state index in [1.54, 1.807) is 0 Å². The maximum absolute atomic E-state index is 4.04. The van der Waals surface area contributed by atoms with E-state index in [0.29, 0.717) is 5.41 Å². The molecule has 3 heteroatoms. The smallest absolute Gasteiger partial charge is 0.0179 e. The molecule has 0 spiro atoms. The second kappa shape index (κ2) is 6.00. The van der Waals surface area contributed by atoms with Crippen molar-refractivity contribution in [3.63, 3.8) is 0 Å². The number of piperidine rings is 4. The Morgan fingerprint density at radius 3 is 2.65 bits per heavy atom. The highest BCUT2D eigenvalue weighted by Crippen LogP contribution is 2.55. The van der Waals surface area contributed by atoms with Crippen LogP contribution in [0.3, 0.4) is 0 Å². The summed E-state index contributed by atoms with van der Waals surface area (Å²) >= 11 is 0. The molecule has 6 atom stereocenters. The highest BCUT2D eigenvalue weighted by molar-refractivity contribution is 5.14. The van der Waals surface area contributed by atoms with Gasteiger partial charge in [-0.25, -0.2) is 0 Å². The molecule has 0 aromatic carbocycles. The molecule has 23 heavy (non-hydrogen) atoms. The predicted octanol–water partition coefficient (Wildman–Crippen LogP) is 2.76. The molecule has 4 heterocycles. The molecule has 5 fully saturated rings. The van der Waals surface area contributed by atoms with Crippen molar-refractivity contribution in [2.24, 2.45) is 17.3 Å². The van der Waals surface area contributed by atoms with Gasteiger partial charge in [0, 0.05) is 30.1 Å². The molecule has 5 aliphatic rings. The van der Waals surface area contributed by atoms with Crippen LogP contribution in [0.1, 0.15) is 64.2 Å². The van der Waals surface area contributed by atoms with E-state index in [1.165, 1.54) is 90.4 Å². The largest absolute Gasteiger partial charge is 0.313 e. The Labute approximate surface area is 142 Å². The van der Waals surface area contributed by atoms with E-state index >= 15 is 0 Å². The minimum atomic E-state index is 0.530. The van der Waals surface area contributed by atoms with Crippen molar-refractivity contribution in [2.75, 3.05) is 26.2 Å². The van der Waals surface area contributed by atoms with Crippen LogP contribution in [-0.2, 0) is 0 Å². The molecule has 1 aliphatic carbocycles. The van der Waals surface area contributed by atoms with E-state index < -0.39 is 0 Å². The Balaban J connectivity index is 1.50. The molecule has 3 nitrogen and oxygen atoms in total. The fourth-order valence-electron chi connectivity index (χ4n) is 7.36. The van der Waals surface area contributed by atoms with Gasteiger partial charge >= 0.3 is 0 Å². The standard InChI is InChI=1S/C20H35N3/c1-3-9-21-18(8-1)20-13-16(12-15-6-5-10-22-19(15)20)17-7-2-4-11-23(17)14-20/h15-19,21-22H,1-14H2/t15?,16-,17?,18?,19-,20-/m1/s1. The van der Waals surface area contributed by atoms with E-state index in [0.717, 1.165) is 30.0 Å². The summed E-state index contributed by atoms with van der Waals surface area (Å²) in [5, 5.41) is 8.04. The third kappa shape index (κ3) is 2.41. The zero-order valence-electron chi connectivity index (χ0n) is 14.7. The van der Waals surface area contributed by atoms with E-state index in [4.69, 9.17) is 0 Å². The summed E-state index contributed by atoms with van der Waals surface area (Å²) in [6.45, 7) is 5.30. The average molecular weight is 318 g/mol. The molecular formula is C20H35N3. The Morgan fingerprint density at radius 1 is 0.826 bits per heavy atom. The fraction of sp³-hybridized carbons (Fsp3) is 1.00. The molecule has 4 aliphatic heterocycles. The number of nitrogens with one attached hydrogen (secondary N) is 2. The van der Waals surface area contributed by atoms with Gasteiger partial charge in [-0.1, -0.05) is 12.8 Å². The molecule has 1 saturated carbocycles. The van der Waals surface area contributed by atoms with E-state index in [2.05, 4.69) is 15.5 Å². The van der Waals surface area contributed by atoms with E-state index in [9.17, 15) is 0 Å². The van der Waals surface area contributed by atoms with Crippen LogP contribution >= 0.6 is 0 Å². The van der Waals surface area contributed by atoms with Crippen LogP contribution in [0, 0.1) is 17.3 Å². The third-order valence-corrected chi connectivity index (χ3v) is 8.16. The molecule has 0 amide bonds. The lowest BCUT2D eigenvalue weighted by atomic mass is 9.52. The molecule has 0 aromatic rings. The molecule has 5 rings (SSSR count). The van der Waals surface area contributed by atoms with Crippen molar-refractivity contribution in [3.8, 4) is 0 Å². The summed E-state index contributed by atoms with van der Waals surface area (Å²) in [7, 11) is 0. The lowest BCUT2D eigenvalue weighted by Crippen LogP contribution is -2.72. The molecule has 2 N–H and O–H groups in total. The number of hydrogen-bond donors (Lipinski definition) is 2. The van der Waals surface area contributed by atoms with Gasteiger partial charge in [-0.05, 0) is 82.8 Å². The summed E-state index contributed by atoms with van der Waals surface area (Å²) in [6.07, 6.45) is 14.6. The van der Waals surface area contributed by atoms with Crippen molar-refractivity contribution in [3.05, 3.63) is 0 Å². The lowest BCUT2D eigenvalue weighted by Gasteiger charge is -2.64. The maximum atomic E-state index is 4.04. The first kappa shape index (κ1) is 15.2. The van der Waals surface area contributed by atoms with E-state index in [-0.39, 0.29) is 0 Å². The van der Waals surface area contributed by atoms with Crippen LogP contribution in [0.5, 0.6) is 0 Å². The zero-order chi connectivity index (χ0) is 15.3. The van der Waals surface area contributed by atoms with Crippen LogP contribution in [0.2, 0.25) is 0 Å². The summed E-state index contributed by atoms with van der Waals surface area (Å²) in [4.78, 5) is 2.94. The van der Waals surface area contributed by atoms with Gasteiger partial charge < -0.3 is 10.6 Å². The minimum Gasteiger partial charge on any atom is -0.313 e. The SMILES string of the molecule is C1CCC([C@]23C[C@@H](CC4CCCN[C@H]42)C2CCCCN2C3)NC1. The zero-order valence-corrected chi connectivity index (χ0v) is 14.7. The van der Waals surface area contributed by atoms with Crippen molar-refractivity contribution in [1.82, 2.24) is 15.5 Å². The first-order valence-corrected chi connectivity index (χ1v) is 10.6. The van der Waals surface area contributed by atoms with Gasteiger partial charge in [0.05, 0.1) is 0 Å². The monoisotopic (exact) mass is 317 g/mol. The number of hydrogen-bond acceptors (Lipinski definition) is 3. The van der Waals surface area contributed by atoms with Gasteiger partial charge in [-0.15, -0.1) is 0 Å². The Bertz CT molecular complexity index is 431. The summed E-state index contributed by atoms with van der Waals surface area (Å²) in [5.41, 5.74) is 0.530. The quantitative estimate of drug-likeness (QED) is 0.779. The van der Waals surface area contributed by atoms with E-state index in [1.807, 2.05) is 0 Å².